The van der Waals surface area contributed by atoms with Crippen molar-refractivity contribution in [2.45, 2.75) is 0 Å². The lowest BCUT2D eigenvalue weighted by Gasteiger charge is -2.17. The van der Waals surface area contributed by atoms with E-state index in [0.717, 1.165) is 19.8 Å². The first kappa shape index (κ1) is 5.54. The Morgan fingerprint density at radius 1 is 1.38 bits per heavy atom. The molecule has 1 aliphatic heterocycles. The highest BCUT2D eigenvalue weighted by molar-refractivity contribution is 4.87. The Balaban J connectivity index is 2.25. The number of hydrogen-bond acceptors (Lipinski definition) is 3. The van der Waals surface area contributed by atoms with Crippen LogP contribution in [0.4, 0.5) is 0 Å². The van der Waals surface area contributed by atoms with Gasteiger partial charge in [0.2, 0.25) is 0 Å². The average molecular weight is 111 g/mol. The lowest BCUT2D eigenvalue weighted by molar-refractivity contribution is 0.433. The zero-order valence-electron chi connectivity index (χ0n) is 4.65. The van der Waals surface area contributed by atoms with Crippen LogP contribution in [-0.2, 0) is 0 Å². The van der Waals surface area contributed by atoms with Crippen LogP contribution in [-0.4, -0.2) is 19.8 Å². The van der Waals surface area contributed by atoms with Crippen molar-refractivity contribution in [3.8, 4) is 6.07 Å². The van der Waals surface area contributed by atoms with Crippen molar-refractivity contribution < 1.29 is 0 Å². The van der Waals surface area contributed by atoms with E-state index in [1.54, 1.807) is 0 Å². The Morgan fingerprint density at radius 2 is 2.00 bits per heavy atom. The second-order valence-corrected chi connectivity index (χ2v) is 1.91. The third-order valence-corrected chi connectivity index (χ3v) is 1.21. The van der Waals surface area contributed by atoms with Gasteiger partial charge >= 0.3 is 0 Å². The minimum absolute atomic E-state index is 0.170. The number of rotatable bonds is 0. The highest BCUT2D eigenvalue weighted by Gasteiger charge is 2.09. The van der Waals surface area contributed by atoms with Gasteiger partial charge in [-0.1, -0.05) is 0 Å². The number of nitriles is 1. The molecule has 44 valence electrons. The summed E-state index contributed by atoms with van der Waals surface area (Å²) in [5.74, 6) is 0.170. The molecule has 0 aromatic carbocycles. The molecule has 0 atom stereocenters. The molecule has 1 heterocycles. The molecule has 3 heteroatoms. The van der Waals surface area contributed by atoms with Crippen LogP contribution in [0.25, 0.3) is 0 Å². The van der Waals surface area contributed by atoms with Gasteiger partial charge in [0, 0.05) is 19.8 Å². The molecule has 1 rings (SSSR count). The van der Waals surface area contributed by atoms with Crippen LogP contribution in [0.15, 0.2) is 0 Å². The van der Waals surface area contributed by atoms with Crippen molar-refractivity contribution in [1.29, 1.82) is 5.26 Å². The van der Waals surface area contributed by atoms with Gasteiger partial charge in [-0.2, -0.15) is 5.26 Å². The quantitative estimate of drug-likeness (QED) is 0.433. The molecule has 1 saturated heterocycles. The summed E-state index contributed by atoms with van der Waals surface area (Å²) in [7, 11) is 0. The van der Waals surface area contributed by atoms with Crippen LogP contribution >= 0.6 is 0 Å². The Labute approximate surface area is 48.7 Å². The van der Waals surface area contributed by atoms with Gasteiger partial charge in [-0.25, -0.2) is 0 Å². The molecule has 1 fully saturated rings. The summed E-state index contributed by atoms with van der Waals surface area (Å²) in [5, 5.41) is 14.5. The highest BCUT2D eigenvalue weighted by atomic mass is 15.1. The van der Waals surface area contributed by atoms with E-state index in [0.29, 0.717) is 0 Å². The predicted octanol–water partition coefficient (Wildman–Crippen LogP) is -0.724. The highest BCUT2D eigenvalue weighted by Crippen LogP contribution is 1.91. The number of nitrogens with zero attached hydrogens (tertiary/aromatic N) is 1. The maximum absolute atomic E-state index is 8.36. The normalized spacial score (nSPS) is 22.4. The summed E-state index contributed by atoms with van der Waals surface area (Å²) in [6.07, 6.45) is 0. The second kappa shape index (κ2) is 2.65. The Hall–Kier alpha value is -0.590. The lowest BCUT2D eigenvalue weighted by Crippen LogP contribution is -2.43. The summed E-state index contributed by atoms with van der Waals surface area (Å²) in [6, 6.07) is 2.18. The molecule has 0 aromatic rings. The van der Waals surface area contributed by atoms with E-state index in [1.807, 2.05) is 0 Å². The Morgan fingerprint density at radius 3 is 2.38 bits per heavy atom. The summed E-state index contributed by atoms with van der Waals surface area (Å²) >= 11 is 0. The SMILES string of the molecule is N#CC1CNCNC1. The van der Waals surface area contributed by atoms with Gasteiger partial charge in [0.15, 0.2) is 0 Å². The van der Waals surface area contributed by atoms with Crippen LogP contribution in [0.1, 0.15) is 0 Å². The largest absolute Gasteiger partial charge is 0.303 e. The van der Waals surface area contributed by atoms with E-state index in [4.69, 9.17) is 5.26 Å². The molecular formula is C5H9N3. The average Bonchev–Trinajstić information content (AvgIpc) is 1.90. The molecule has 0 aliphatic carbocycles. The zero-order valence-corrected chi connectivity index (χ0v) is 4.65. The van der Waals surface area contributed by atoms with Gasteiger partial charge in [0.1, 0.15) is 0 Å². The Kier molecular flexibility index (Phi) is 1.84. The van der Waals surface area contributed by atoms with E-state index < -0.39 is 0 Å². The second-order valence-electron chi connectivity index (χ2n) is 1.91. The molecular weight excluding hydrogens is 102 g/mol. The van der Waals surface area contributed by atoms with E-state index in [-0.39, 0.29) is 5.92 Å². The van der Waals surface area contributed by atoms with Crippen molar-refractivity contribution in [2.75, 3.05) is 19.8 Å². The fourth-order valence-corrected chi connectivity index (χ4v) is 0.745. The van der Waals surface area contributed by atoms with Crippen LogP contribution < -0.4 is 10.6 Å². The predicted molar refractivity (Wildman–Crippen MR) is 30.0 cm³/mol. The molecule has 0 aromatic heterocycles. The number of hydrogen-bond donors (Lipinski definition) is 2. The maximum Gasteiger partial charge on any atom is 0.0713 e. The Bertz CT molecular complexity index is 98.7. The van der Waals surface area contributed by atoms with E-state index >= 15 is 0 Å². The van der Waals surface area contributed by atoms with Crippen molar-refractivity contribution in [3.63, 3.8) is 0 Å². The number of nitrogens with one attached hydrogen (secondary N) is 2. The van der Waals surface area contributed by atoms with Gasteiger partial charge in [-0.3, -0.25) is 0 Å². The van der Waals surface area contributed by atoms with E-state index in [2.05, 4.69) is 16.7 Å². The fourth-order valence-electron chi connectivity index (χ4n) is 0.745. The molecule has 3 nitrogen and oxygen atoms in total. The molecule has 0 bridgehead atoms. The summed E-state index contributed by atoms with van der Waals surface area (Å²) in [5.41, 5.74) is 0. The first-order chi connectivity index (χ1) is 3.93. The first-order valence-corrected chi connectivity index (χ1v) is 2.74. The van der Waals surface area contributed by atoms with E-state index in [1.165, 1.54) is 0 Å². The minimum Gasteiger partial charge on any atom is -0.303 e. The minimum atomic E-state index is 0.170. The van der Waals surface area contributed by atoms with E-state index in [9.17, 15) is 0 Å². The third kappa shape index (κ3) is 1.19. The summed E-state index contributed by atoms with van der Waals surface area (Å²) in [6.45, 7) is 2.52. The van der Waals surface area contributed by atoms with Gasteiger partial charge in [0.25, 0.3) is 0 Å². The monoisotopic (exact) mass is 111 g/mol. The van der Waals surface area contributed by atoms with Gasteiger partial charge in [-0.15, -0.1) is 0 Å². The fraction of sp³-hybridized carbons (Fsp3) is 0.800. The molecule has 8 heavy (non-hydrogen) atoms. The topological polar surface area (TPSA) is 47.9 Å². The molecule has 0 saturated carbocycles. The van der Waals surface area contributed by atoms with Crippen LogP contribution in [0.5, 0.6) is 0 Å². The van der Waals surface area contributed by atoms with Crippen molar-refractivity contribution in [3.05, 3.63) is 0 Å². The van der Waals surface area contributed by atoms with Crippen molar-refractivity contribution in [2.24, 2.45) is 5.92 Å². The lowest BCUT2D eigenvalue weighted by atomic mass is 10.1. The summed E-state index contributed by atoms with van der Waals surface area (Å²) in [4.78, 5) is 0. The third-order valence-electron chi connectivity index (χ3n) is 1.21. The first-order valence-electron chi connectivity index (χ1n) is 2.74. The standard InChI is InChI=1S/C5H9N3/c6-1-5-2-7-4-8-3-5/h5,7-8H,2-4H2. The molecule has 1 aliphatic rings. The molecule has 0 amide bonds. The van der Waals surface area contributed by atoms with Crippen molar-refractivity contribution in [1.82, 2.24) is 10.6 Å². The van der Waals surface area contributed by atoms with Crippen molar-refractivity contribution >= 4 is 0 Å². The maximum atomic E-state index is 8.36. The summed E-state index contributed by atoms with van der Waals surface area (Å²) < 4.78 is 0. The molecule has 2 N–H and O–H groups in total. The van der Waals surface area contributed by atoms with Gasteiger partial charge in [0.05, 0.1) is 12.0 Å². The molecule has 0 spiro atoms. The van der Waals surface area contributed by atoms with Gasteiger partial charge < -0.3 is 10.6 Å². The smallest absolute Gasteiger partial charge is 0.0713 e. The molecule has 0 unspecified atom stereocenters. The molecule has 0 radical (unpaired) electrons. The van der Waals surface area contributed by atoms with Crippen LogP contribution in [0, 0.1) is 17.2 Å². The van der Waals surface area contributed by atoms with Crippen LogP contribution in [0.2, 0.25) is 0 Å². The van der Waals surface area contributed by atoms with Gasteiger partial charge in [-0.05, 0) is 0 Å². The van der Waals surface area contributed by atoms with Crippen LogP contribution in [0.3, 0.4) is 0 Å². The zero-order chi connectivity index (χ0) is 5.82.